The van der Waals surface area contributed by atoms with Crippen LogP contribution in [0.1, 0.15) is 13.8 Å². The molecule has 1 saturated heterocycles. The standard InChI is InChI=1S/C10H18N4O/c1-10(2,7-11)8-13-9(12)14-3-5-15-6-4-14/h3-6,8H2,1-2H3,(H2,12,13). The zero-order valence-electron chi connectivity index (χ0n) is 9.36. The minimum absolute atomic E-state index is 0.437. The van der Waals surface area contributed by atoms with Crippen molar-refractivity contribution in [2.24, 2.45) is 16.1 Å². The van der Waals surface area contributed by atoms with Crippen LogP contribution in [0.3, 0.4) is 0 Å². The normalized spacial score (nSPS) is 18.7. The number of nitrogens with two attached hydrogens (primary N) is 1. The van der Waals surface area contributed by atoms with Crippen LogP contribution in [0.15, 0.2) is 4.99 Å². The molecular formula is C10H18N4O. The molecule has 84 valence electrons. The van der Waals surface area contributed by atoms with Crippen molar-refractivity contribution < 1.29 is 4.74 Å². The highest BCUT2D eigenvalue weighted by Crippen LogP contribution is 2.13. The summed E-state index contributed by atoms with van der Waals surface area (Å²) in [6.45, 7) is 7.08. The Morgan fingerprint density at radius 2 is 2.13 bits per heavy atom. The van der Waals surface area contributed by atoms with Gasteiger partial charge in [-0.15, -0.1) is 0 Å². The van der Waals surface area contributed by atoms with E-state index in [-0.39, 0.29) is 0 Å². The van der Waals surface area contributed by atoms with Gasteiger partial charge in [-0.05, 0) is 13.8 Å². The largest absolute Gasteiger partial charge is 0.378 e. The highest BCUT2D eigenvalue weighted by molar-refractivity contribution is 5.78. The van der Waals surface area contributed by atoms with E-state index < -0.39 is 5.41 Å². The number of hydrogen-bond acceptors (Lipinski definition) is 3. The minimum Gasteiger partial charge on any atom is -0.378 e. The van der Waals surface area contributed by atoms with Gasteiger partial charge in [0.1, 0.15) is 0 Å². The molecule has 1 aliphatic rings. The average molecular weight is 210 g/mol. The number of nitrogens with zero attached hydrogens (tertiary/aromatic N) is 3. The van der Waals surface area contributed by atoms with Crippen LogP contribution < -0.4 is 5.73 Å². The van der Waals surface area contributed by atoms with Crippen LogP contribution in [-0.2, 0) is 4.74 Å². The molecule has 0 spiro atoms. The second-order valence-corrected chi connectivity index (χ2v) is 4.27. The van der Waals surface area contributed by atoms with E-state index >= 15 is 0 Å². The lowest BCUT2D eigenvalue weighted by Crippen LogP contribution is -2.45. The summed E-state index contributed by atoms with van der Waals surface area (Å²) < 4.78 is 5.21. The van der Waals surface area contributed by atoms with E-state index in [1.54, 1.807) is 0 Å². The van der Waals surface area contributed by atoms with Crippen LogP contribution in [0, 0.1) is 16.7 Å². The van der Waals surface area contributed by atoms with Crippen LogP contribution in [0.2, 0.25) is 0 Å². The number of nitriles is 1. The lowest BCUT2D eigenvalue weighted by atomic mass is 9.96. The second kappa shape index (κ2) is 4.99. The molecule has 0 aromatic heterocycles. The van der Waals surface area contributed by atoms with Crippen molar-refractivity contribution in [2.75, 3.05) is 32.8 Å². The molecule has 0 bridgehead atoms. The van der Waals surface area contributed by atoms with E-state index in [0.29, 0.717) is 25.7 Å². The van der Waals surface area contributed by atoms with Gasteiger partial charge in [0.15, 0.2) is 5.96 Å². The molecular weight excluding hydrogens is 192 g/mol. The van der Waals surface area contributed by atoms with E-state index in [4.69, 9.17) is 15.7 Å². The lowest BCUT2D eigenvalue weighted by molar-refractivity contribution is 0.0673. The van der Waals surface area contributed by atoms with Crippen LogP contribution in [0.25, 0.3) is 0 Å². The van der Waals surface area contributed by atoms with Gasteiger partial charge in [0, 0.05) is 13.1 Å². The Balaban J connectivity index is 2.48. The maximum absolute atomic E-state index is 8.82. The summed E-state index contributed by atoms with van der Waals surface area (Å²) in [5.74, 6) is 0.515. The molecule has 0 atom stereocenters. The van der Waals surface area contributed by atoms with Crippen LogP contribution in [0.4, 0.5) is 0 Å². The Hall–Kier alpha value is -1.28. The predicted molar refractivity (Wildman–Crippen MR) is 58.3 cm³/mol. The van der Waals surface area contributed by atoms with Gasteiger partial charge in [-0.1, -0.05) is 0 Å². The average Bonchev–Trinajstić information content (AvgIpc) is 2.27. The molecule has 0 amide bonds. The van der Waals surface area contributed by atoms with E-state index in [0.717, 1.165) is 13.1 Å². The highest BCUT2D eigenvalue weighted by Gasteiger charge is 2.17. The number of guanidine groups is 1. The fourth-order valence-corrected chi connectivity index (χ4v) is 1.21. The molecule has 1 heterocycles. The molecule has 5 heteroatoms. The third kappa shape index (κ3) is 3.76. The molecule has 2 N–H and O–H groups in total. The molecule has 0 unspecified atom stereocenters. The number of ether oxygens (including phenoxy) is 1. The molecule has 1 rings (SSSR count). The molecule has 0 saturated carbocycles. The number of hydrogen-bond donors (Lipinski definition) is 1. The summed E-state index contributed by atoms with van der Waals surface area (Å²) in [5, 5.41) is 8.82. The summed E-state index contributed by atoms with van der Waals surface area (Å²) in [6.07, 6.45) is 0. The van der Waals surface area contributed by atoms with Gasteiger partial charge in [0.05, 0.1) is 31.2 Å². The summed E-state index contributed by atoms with van der Waals surface area (Å²) >= 11 is 0. The van der Waals surface area contributed by atoms with Gasteiger partial charge >= 0.3 is 0 Å². The summed E-state index contributed by atoms with van der Waals surface area (Å²) in [4.78, 5) is 6.22. The van der Waals surface area contributed by atoms with Gasteiger partial charge in [-0.2, -0.15) is 5.26 Å². The van der Waals surface area contributed by atoms with E-state index in [9.17, 15) is 0 Å². The summed E-state index contributed by atoms with van der Waals surface area (Å²) in [7, 11) is 0. The first kappa shape index (κ1) is 11.8. The van der Waals surface area contributed by atoms with Crippen molar-refractivity contribution in [3.8, 4) is 6.07 Å². The molecule has 1 aliphatic heterocycles. The molecule has 0 aromatic rings. The van der Waals surface area contributed by atoms with Gasteiger partial charge in [0.25, 0.3) is 0 Å². The molecule has 0 aromatic carbocycles. The SMILES string of the molecule is CC(C)(C#N)CN=C(N)N1CCOCC1. The second-order valence-electron chi connectivity index (χ2n) is 4.27. The summed E-state index contributed by atoms with van der Waals surface area (Å²) in [6, 6.07) is 2.19. The first-order valence-corrected chi connectivity index (χ1v) is 5.09. The third-order valence-corrected chi connectivity index (χ3v) is 2.27. The Morgan fingerprint density at radius 3 is 2.67 bits per heavy atom. The first-order chi connectivity index (χ1) is 7.05. The number of morpholine rings is 1. The third-order valence-electron chi connectivity index (χ3n) is 2.27. The van der Waals surface area contributed by atoms with Crippen molar-refractivity contribution in [2.45, 2.75) is 13.8 Å². The van der Waals surface area contributed by atoms with Gasteiger partial charge in [-0.25, -0.2) is 0 Å². The van der Waals surface area contributed by atoms with E-state index in [1.165, 1.54) is 0 Å². The molecule has 1 fully saturated rings. The maximum Gasteiger partial charge on any atom is 0.191 e. The first-order valence-electron chi connectivity index (χ1n) is 5.09. The Labute approximate surface area is 90.5 Å². The fourth-order valence-electron chi connectivity index (χ4n) is 1.21. The zero-order chi connectivity index (χ0) is 11.3. The van der Waals surface area contributed by atoms with Crippen LogP contribution in [-0.4, -0.2) is 43.7 Å². The lowest BCUT2D eigenvalue weighted by Gasteiger charge is -2.28. The Kier molecular flexibility index (Phi) is 3.92. The quantitative estimate of drug-likeness (QED) is 0.521. The smallest absolute Gasteiger partial charge is 0.191 e. The van der Waals surface area contributed by atoms with Gasteiger partial charge in [-0.3, -0.25) is 4.99 Å². The molecule has 0 aliphatic carbocycles. The number of aliphatic imine (C=N–C) groups is 1. The van der Waals surface area contributed by atoms with E-state index in [2.05, 4.69) is 11.1 Å². The monoisotopic (exact) mass is 210 g/mol. The van der Waals surface area contributed by atoms with Crippen molar-refractivity contribution in [1.82, 2.24) is 4.90 Å². The molecule has 0 radical (unpaired) electrons. The zero-order valence-corrected chi connectivity index (χ0v) is 9.36. The Morgan fingerprint density at radius 1 is 1.53 bits per heavy atom. The predicted octanol–water partition coefficient (Wildman–Crippen LogP) is 0.183. The van der Waals surface area contributed by atoms with Crippen molar-refractivity contribution in [1.29, 1.82) is 5.26 Å². The molecule has 15 heavy (non-hydrogen) atoms. The van der Waals surface area contributed by atoms with Crippen LogP contribution in [0.5, 0.6) is 0 Å². The van der Waals surface area contributed by atoms with Crippen molar-refractivity contribution in [3.63, 3.8) is 0 Å². The van der Waals surface area contributed by atoms with E-state index in [1.807, 2.05) is 18.7 Å². The van der Waals surface area contributed by atoms with Crippen molar-refractivity contribution >= 4 is 5.96 Å². The van der Waals surface area contributed by atoms with Crippen LogP contribution >= 0.6 is 0 Å². The van der Waals surface area contributed by atoms with Gasteiger partial charge in [0.2, 0.25) is 0 Å². The van der Waals surface area contributed by atoms with Crippen molar-refractivity contribution in [3.05, 3.63) is 0 Å². The topological polar surface area (TPSA) is 74.6 Å². The highest BCUT2D eigenvalue weighted by atomic mass is 16.5. The fraction of sp³-hybridized carbons (Fsp3) is 0.800. The minimum atomic E-state index is -0.448. The summed E-state index contributed by atoms with van der Waals surface area (Å²) in [5.41, 5.74) is 5.37. The number of rotatable bonds is 2. The maximum atomic E-state index is 8.82. The van der Waals surface area contributed by atoms with Gasteiger partial charge < -0.3 is 15.4 Å². The molecule has 5 nitrogen and oxygen atoms in total. The Bertz CT molecular complexity index is 274.